The number of nitrogens with zero attached hydrogens (tertiary/aromatic N) is 2. The third-order valence-corrected chi connectivity index (χ3v) is 3.38. The Kier molecular flexibility index (Phi) is 6.93. The number of hydrogen-bond acceptors (Lipinski definition) is 4. The van der Waals surface area contributed by atoms with E-state index in [9.17, 15) is 4.79 Å². The number of carbonyl (C=O) groups is 1. The molecular weight excluding hydrogens is 246 g/mol. The van der Waals surface area contributed by atoms with E-state index >= 15 is 0 Å². The maximum absolute atomic E-state index is 11.7. The summed E-state index contributed by atoms with van der Waals surface area (Å²) in [6, 6.07) is 4.13. The van der Waals surface area contributed by atoms with Crippen LogP contribution in [0.1, 0.15) is 11.3 Å². The van der Waals surface area contributed by atoms with Crippen molar-refractivity contribution in [2.45, 2.75) is 13.0 Å². The van der Waals surface area contributed by atoms with Gasteiger partial charge in [-0.1, -0.05) is 6.07 Å². The van der Waals surface area contributed by atoms with Crippen molar-refractivity contribution in [1.82, 2.24) is 15.1 Å². The Bertz CT molecular complexity index is 338. The van der Waals surface area contributed by atoms with Crippen molar-refractivity contribution in [3.05, 3.63) is 22.4 Å². The number of amides is 1. The number of rotatable bonds is 8. The monoisotopic (exact) mass is 269 g/mol. The summed E-state index contributed by atoms with van der Waals surface area (Å²) in [5.41, 5.74) is 0. The zero-order valence-corrected chi connectivity index (χ0v) is 12.3. The first kappa shape index (κ1) is 15.1. The number of nitrogens with one attached hydrogen (secondary N) is 1. The molecule has 1 N–H and O–H groups in total. The van der Waals surface area contributed by atoms with Crippen molar-refractivity contribution in [1.29, 1.82) is 0 Å². The molecule has 0 aliphatic rings. The lowest BCUT2D eigenvalue weighted by molar-refractivity contribution is -0.122. The Labute approximate surface area is 114 Å². The molecule has 0 unspecified atom stereocenters. The number of carbonyl (C=O) groups excluding carboxylic acids is 1. The van der Waals surface area contributed by atoms with Crippen LogP contribution in [0.5, 0.6) is 0 Å². The van der Waals surface area contributed by atoms with E-state index in [4.69, 9.17) is 0 Å². The fourth-order valence-corrected chi connectivity index (χ4v) is 2.43. The molecule has 18 heavy (non-hydrogen) atoms. The Balaban J connectivity index is 2.11. The average molecular weight is 269 g/mol. The van der Waals surface area contributed by atoms with Gasteiger partial charge in [0.05, 0.1) is 6.54 Å². The van der Waals surface area contributed by atoms with Gasteiger partial charge in [-0.15, -0.1) is 11.3 Å². The van der Waals surface area contributed by atoms with Gasteiger partial charge in [-0.25, -0.2) is 0 Å². The fourth-order valence-electron chi connectivity index (χ4n) is 1.65. The second-order valence-corrected chi connectivity index (χ2v) is 5.79. The molecule has 0 saturated heterocycles. The third-order valence-electron chi connectivity index (χ3n) is 2.52. The summed E-state index contributed by atoms with van der Waals surface area (Å²) in [5.74, 6) is 0.104. The van der Waals surface area contributed by atoms with Crippen molar-refractivity contribution in [3.63, 3.8) is 0 Å². The molecule has 102 valence electrons. The molecular formula is C13H23N3OS. The molecule has 0 aliphatic carbocycles. The Morgan fingerprint density at radius 3 is 2.78 bits per heavy atom. The summed E-state index contributed by atoms with van der Waals surface area (Å²) >= 11 is 1.72. The highest BCUT2D eigenvalue weighted by atomic mass is 32.1. The van der Waals surface area contributed by atoms with Gasteiger partial charge in [0, 0.05) is 18.0 Å². The predicted octanol–water partition coefficient (Wildman–Crippen LogP) is 1.25. The zero-order valence-electron chi connectivity index (χ0n) is 11.5. The fraction of sp³-hybridized carbons (Fsp3) is 0.615. The number of thiophene rings is 1. The van der Waals surface area contributed by atoms with Crippen LogP contribution in [0.15, 0.2) is 17.5 Å². The molecule has 0 atom stereocenters. The van der Waals surface area contributed by atoms with Gasteiger partial charge in [-0.2, -0.15) is 0 Å². The quantitative estimate of drug-likeness (QED) is 0.722. The zero-order chi connectivity index (χ0) is 13.4. The molecule has 1 aromatic heterocycles. The van der Waals surface area contributed by atoms with Gasteiger partial charge in [0.1, 0.15) is 0 Å². The van der Waals surface area contributed by atoms with Gasteiger partial charge in [0.25, 0.3) is 0 Å². The minimum Gasteiger partial charge on any atom is -0.355 e. The van der Waals surface area contributed by atoms with E-state index in [2.05, 4.69) is 21.7 Å². The van der Waals surface area contributed by atoms with Gasteiger partial charge in [0.2, 0.25) is 5.91 Å². The molecule has 1 amide bonds. The van der Waals surface area contributed by atoms with E-state index in [1.165, 1.54) is 4.88 Å². The van der Waals surface area contributed by atoms with E-state index in [1.54, 1.807) is 11.3 Å². The maximum atomic E-state index is 11.7. The minimum absolute atomic E-state index is 0.104. The van der Waals surface area contributed by atoms with Crippen LogP contribution in [-0.2, 0) is 11.3 Å². The first-order chi connectivity index (χ1) is 8.58. The van der Waals surface area contributed by atoms with Crippen LogP contribution in [-0.4, -0.2) is 56.5 Å². The Hall–Kier alpha value is -0.910. The van der Waals surface area contributed by atoms with Gasteiger partial charge in [0.15, 0.2) is 0 Å². The lowest BCUT2D eigenvalue weighted by Crippen LogP contribution is -2.35. The normalized spacial score (nSPS) is 11.2. The SMILES string of the molecule is CN(C)CCCNC(=O)CN(C)Cc1cccs1. The van der Waals surface area contributed by atoms with Crippen LogP contribution < -0.4 is 5.32 Å². The summed E-state index contributed by atoms with van der Waals surface area (Å²) in [6.07, 6.45) is 0.993. The van der Waals surface area contributed by atoms with Crippen LogP contribution in [0.25, 0.3) is 0 Å². The molecule has 5 heteroatoms. The molecule has 1 rings (SSSR count). The van der Waals surface area contributed by atoms with E-state index < -0.39 is 0 Å². The highest BCUT2D eigenvalue weighted by molar-refractivity contribution is 7.09. The summed E-state index contributed by atoms with van der Waals surface area (Å²) in [6.45, 7) is 3.05. The molecule has 0 saturated carbocycles. The number of hydrogen-bond donors (Lipinski definition) is 1. The van der Waals surface area contributed by atoms with E-state index in [0.29, 0.717) is 6.54 Å². The highest BCUT2D eigenvalue weighted by Crippen LogP contribution is 2.10. The van der Waals surface area contributed by atoms with Crippen LogP contribution in [0, 0.1) is 0 Å². The van der Waals surface area contributed by atoms with Gasteiger partial charge in [-0.05, 0) is 45.6 Å². The standard InChI is InChI=1S/C13H23N3OS/c1-15(2)8-5-7-14-13(17)11-16(3)10-12-6-4-9-18-12/h4,6,9H,5,7-8,10-11H2,1-3H3,(H,14,17). The highest BCUT2D eigenvalue weighted by Gasteiger charge is 2.06. The summed E-state index contributed by atoms with van der Waals surface area (Å²) in [5, 5.41) is 5.00. The van der Waals surface area contributed by atoms with Crippen LogP contribution >= 0.6 is 11.3 Å². The topological polar surface area (TPSA) is 35.6 Å². The lowest BCUT2D eigenvalue weighted by Gasteiger charge is -2.15. The van der Waals surface area contributed by atoms with Crippen LogP contribution in [0.4, 0.5) is 0 Å². The molecule has 0 aliphatic heterocycles. The molecule has 1 aromatic rings. The largest absolute Gasteiger partial charge is 0.355 e. The second kappa shape index (κ2) is 8.24. The molecule has 1 heterocycles. The summed E-state index contributed by atoms with van der Waals surface area (Å²) in [7, 11) is 6.05. The van der Waals surface area contributed by atoms with E-state index in [0.717, 1.165) is 26.1 Å². The first-order valence-corrected chi connectivity index (χ1v) is 7.08. The van der Waals surface area contributed by atoms with Crippen molar-refractivity contribution in [2.75, 3.05) is 40.8 Å². The van der Waals surface area contributed by atoms with E-state index in [1.807, 2.05) is 32.1 Å². The minimum atomic E-state index is 0.104. The molecule has 0 aromatic carbocycles. The predicted molar refractivity (Wildman–Crippen MR) is 76.8 cm³/mol. The van der Waals surface area contributed by atoms with Crippen molar-refractivity contribution < 1.29 is 4.79 Å². The van der Waals surface area contributed by atoms with Crippen LogP contribution in [0.2, 0.25) is 0 Å². The maximum Gasteiger partial charge on any atom is 0.234 e. The number of likely N-dealkylation sites (N-methyl/N-ethyl adjacent to an activating group) is 1. The second-order valence-electron chi connectivity index (χ2n) is 4.76. The van der Waals surface area contributed by atoms with Gasteiger partial charge >= 0.3 is 0 Å². The van der Waals surface area contributed by atoms with Crippen LogP contribution in [0.3, 0.4) is 0 Å². The smallest absolute Gasteiger partial charge is 0.234 e. The van der Waals surface area contributed by atoms with Crippen molar-refractivity contribution in [2.24, 2.45) is 0 Å². The van der Waals surface area contributed by atoms with Crippen molar-refractivity contribution in [3.8, 4) is 0 Å². The van der Waals surface area contributed by atoms with Gasteiger partial charge in [-0.3, -0.25) is 9.69 Å². The summed E-state index contributed by atoms with van der Waals surface area (Å²) < 4.78 is 0. The van der Waals surface area contributed by atoms with Crippen molar-refractivity contribution >= 4 is 17.2 Å². The average Bonchev–Trinajstić information content (AvgIpc) is 2.76. The lowest BCUT2D eigenvalue weighted by atomic mass is 10.4. The molecule has 0 radical (unpaired) electrons. The summed E-state index contributed by atoms with van der Waals surface area (Å²) in [4.78, 5) is 17.1. The van der Waals surface area contributed by atoms with Gasteiger partial charge < -0.3 is 10.2 Å². The third kappa shape index (κ3) is 6.74. The molecule has 0 spiro atoms. The Morgan fingerprint density at radius 1 is 1.39 bits per heavy atom. The molecule has 0 fully saturated rings. The molecule has 0 bridgehead atoms. The molecule has 4 nitrogen and oxygen atoms in total. The Morgan fingerprint density at radius 2 is 2.17 bits per heavy atom. The first-order valence-electron chi connectivity index (χ1n) is 6.20. The van der Waals surface area contributed by atoms with E-state index in [-0.39, 0.29) is 5.91 Å².